The molecule has 6 nitrogen and oxygen atoms in total. The third-order valence-corrected chi connectivity index (χ3v) is 4.92. The number of rotatable bonds is 5. The lowest BCUT2D eigenvalue weighted by atomic mass is 10.1. The fourth-order valence-electron chi connectivity index (χ4n) is 3.33. The number of ether oxygens (including phenoxy) is 2. The second-order valence-corrected chi connectivity index (χ2v) is 6.67. The molecule has 1 aromatic rings. The van der Waals surface area contributed by atoms with E-state index in [9.17, 15) is 4.79 Å². The molecular formula is C17H24ClN3O3. The molecule has 1 amide bonds. The normalized spacial score (nSPS) is 23.8. The smallest absolute Gasteiger partial charge is 0.255 e. The summed E-state index contributed by atoms with van der Waals surface area (Å²) in [5.41, 5.74) is 6.58. The first kappa shape index (κ1) is 17.3. The number of nitrogens with one attached hydrogen (secondary N) is 1. The summed E-state index contributed by atoms with van der Waals surface area (Å²) < 4.78 is 11.4. The van der Waals surface area contributed by atoms with E-state index in [1.807, 2.05) is 6.92 Å². The largest absolute Gasteiger partial charge is 0.493 e. The lowest BCUT2D eigenvalue weighted by molar-refractivity contribution is -0.0461. The Hall–Kier alpha value is -1.50. The second kappa shape index (κ2) is 7.59. The fraction of sp³-hybridized carbons (Fsp3) is 0.588. The number of morpholine rings is 1. The monoisotopic (exact) mass is 353 g/mol. The molecule has 2 fully saturated rings. The van der Waals surface area contributed by atoms with Crippen molar-refractivity contribution < 1.29 is 14.3 Å². The Morgan fingerprint density at radius 2 is 2.38 bits per heavy atom. The number of hydrogen-bond acceptors (Lipinski definition) is 5. The molecule has 0 aliphatic carbocycles. The van der Waals surface area contributed by atoms with Gasteiger partial charge in [-0.05, 0) is 32.4 Å². The lowest BCUT2D eigenvalue weighted by Crippen LogP contribution is -2.50. The van der Waals surface area contributed by atoms with Crippen LogP contribution in [0.2, 0.25) is 5.02 Å². The number of halogens is 1. The predicted octanol–water partition coefficient (Wildman–Crippen LogP) is 1.91. The molecule has 0 spiro atoms. The molecule has 0 saturated carbocycles. The highest BCUT2D eigenvalue weighted by Crippen LogP contribution is 2.29. The van der Waals surface area contributed by atoms with Crippen LogP contribution in [-0.2, 0) is 4.74 Å². The van der Waals surface area contributed by atoms with Crippen molar-refractivity contribution >= 4 is 23.2 Å². The van der Waals surface area contributed by atoms with Crippen molar-refractivity contribution in [1.82, 2.24) is 10.2 Å². The van der Waals surface area contributed by atoms with Gasteiger partial charge in [0.25, 0.3) is 5.91 Å². The number of anilines is 1. The van der Waals surface area contributed by atoms with Crippen LogP contribution in [0.3, 0.4) is 0 Å². The van der Waals surface area contributed by atoms with E-state index in [1.165, 1.54) is 12.8 Å². The van der Waals surface area contributed by atoms with Gasteiger partial charge in [0, 0.05) is 25.2 Å². The van der Waals surface area contributed by atoms with E-state index in [2.05, 4.69) is 10.2 Å². The SMILES string of the molecule is CCOc1cc(N)c(Cl)cc1C(=O)NC[C@H]1CN2CCC[C@H]2CO1. The summed E-state index contributed by atoms with van der Waals surface area (Å²) >= 11 is 6.05. The van der Waals surface area contributed by atoms with Crippen LogP contribution in [0.5, 0.6) is 5.75 Å². The summed E-state index contributed by atoms with van der Waals surface area (Å²) in [5, 5.41) is 3.27. The Morgan fingerprint density at radius 3 is 3.17 bits per heavy atom. The molecule has 2 aliphatic rings. The quantitative estimate of drug-likeness (QED) is 0.791. The van der Waals surface area contributed by atoms with Crippen LogP contribution in [0.25, 0.3) is 0 Å². The first-order chi connectivity index (χ1) is 11.6. The van der Waals surface area contributed by atoms with Gasteiger partial charge in [-0.2, -0.15) is 0 Å². The molecule has 3 rings (SSSR count). The van der Waals surface area contributed by atoms with Crippen LogP contribution in [0.15, 0.2) is 12.1 Å². The number of carbonyl (C=O) groups is 1. The average Bonchev–Trinajstić information content (AvgIpc) is 3.03. The Kier molecular flexibility index (Phi) is 5.48. The first-order valence-electron chi connectivity index (χ1n) is 8.44. The minimum Gasteiger partial charge on any atom is -0.493 e. The zero-order valence-corrected chi connectivity index (χ0v) is 14.6. The third kappa shape index (κ3) is 3.77. The second-order valence-electron chi connectivity index (χ2n) is 6.26. The molecule has 2 atom stereocenters. The predicted molar refractivity (Wildman–Crippen MR) is 93.7 cm³/mol. The van der Waals surface area contributed by atoms with Crippen molar-refractivity contribution in [1.29, 1.82) is 0 Å². The molecule has 2 heterocycles. The number of benzene rings is 1. The minimum atomic E-state index is -0.229. The van der Waals surface area contributed by atoms with Gasteiger partial charge in [-0.15, -0.1) is 0 Å². The highest BCUT2D eigenvalue weighted by atomic mass is 35.5. The molecule has 2 aliphatic heterocycles. The average molecular weight is 354 g/mol. The lowest BCUT2D eigenvalue weighted by Gasteiger charge is -2.35. The number of nitrogens with two attached hydrogens (primary N) is 1. The Balaban J connectivity index is 1.61. The van der Waals surface area contributed by atoms with Gasteiger partial charge in [0.1, 0.15) is 5.75 Å². The number of carbonyl (C=O) groups excluding carboxylic acids is 1. The summed E-state index contributed by atoms with van der Waals surface area (Å²) in [6, 6.07) is 3.69. The molecule has 0 unspecified atom stereocenters. The summed E-state index contributed by atoms with van der Waals surface area (Å²) in [5.74, 6) is 0.216. The van der Waals surface area contributed by atoms with Crippen molar-refractivity contribution in [2.24, 2.45) is 0 Å². The summed E-state index contributed by atoms with van der Waals surface area (Å²) in [6.45, 7) is 5.51. The number of nitrogen functional groups attached to an aromatic ring is 1. The Bertz CT molecular complexity index is 611. The Labute approximate surface area is 147 Å². The number of nitrogens with zero attached hydrogens (tertiary/aromatic N) is 1. The molecule has 132 valence electrons. The van der Waals surface area contributed by atoms with E-state index in [1.54, 1.807) is 12.1 Å². The van der Waals surface area contributed by atoms with Gasteiger partial charge < -0.3 is 20.5 Å². The van der Waals surface area contributed by atoms with E-state index in [-0.39, 0.29) is 12.0 Å². The molecule has 24 heavy (non-hydrogen) atoms. The van der Waals surface area contributed by atoms with Gasteiger partial charge in [-0.25, -0.2) is 0 Å². The molecule has 0 aromatic heterocycles. The van der Waals surface area contributed by atoms with E-state index >= 15 is 0 Å². The van der Waals surface area contributed by atoms with Crippen LogP contribution in [0.1, 0.15) is 30.1 Å². The topological polar surface area (TPSA) is 76.8 Å². The van der Waals surface area contributed by atoms with Crippen molar-refractivity contribution in [3.05, 3.63) is 22.7 Å². The summed E-state index contributed by atoms with van der Waals surface area (Å²) in [7, 11) is 0. The molecule has 0 radical (unpaired) electrons. The van der Waals surface area contributed by atoms with Gasteiger partial charge >= 0.3 is 0 Å². The van der Waals surface area contributed by atoms with Gasteiger partial charge in [0.05, 0.1) is 35.6 Å². The van der Waals surface area contributed by atoms with Crippen molar-refractivity contribution in [2.45, 2.75) is 31.9 Å². The molecule has 7 heteroatoms. The van der Waals surface area contributed by atoms with E-state index < -0.39 is 0 Å². The highest BCUT2D eigenvalue weighted by molar-refractivity contribution is 6.33. The van der Waals surface area contributed by atoms with Crippen LogP contribution in [0, 0.1) is 0 Å². The fourth-order valence-corrected chi connectivity index (χ4v) is 3.50. The number of fused-ring (bicyclic) bond motifs is 1. The Morgan fingerprint density at radius 1 is 1.54 bits per heavy atom. The van der Waals surface area contributed by atoms with Gasteiger partial charge in [-0.3, -0.25) is 9.69 Å². The van der Waals surface area contributed by atoms with Crippen molar-refractivity contribution in [3.8, 4) is 5.75 Å². The number of hydrogen-bond donors (Lipinski definition) is 2. The molecule has 2 saturated heterocycles. The minimum absolute atomic E-state index is 0.0168. The highest BCUT2D eigenvalue weighted by Gasteiger charge is 2.32. The van der Waals surface area contributed by atoms with Gasteiger partial charge in [0.15, 0.2) is 0 Å². The molecule has 0 bridgehead atoms. The maximum atomic E-state index is 12.5. The third-order valence-electron chi connectivity index (χ3n) is 4.60. The first-order valence-corrected chi connectivity index (χ1v) is 8.82. The zero-order chi connectivity index (χ0) is 17.1. The van der Waals surface area contributed by atoms with Crippen LogP contribution >= 0.6 is 11.6 Å². The summed E-state index contributed by atoms with van der Waals surface area (Å²) in [4.78, 5) is 15.0. The van der Waals surface area contributed by atoms with Crippen molar-refractivity contribution in [3.63, 3.8) is 0 Å². The number of amides is 1. The van der Waals surface area contributed by atoms with Gasteiger partial charge in [0.2, 0.25) is 0 Å². The molecule has 1 aromatic carbocycles. The van der Waals surface area contributed by atoms with Crippen LogP contribution in [0.4, 0.5) is 5.69 Å². The summed E-state index contributed by atoms with van der Waals surface area (Å²) in [6.07, 6.45) is 2.46. The maximum Gasteiger partial charge on any atom is 0.255 e. The van der Waals surface area contributed by atoms with Crippen LogP contribution < -0.4 is 15.8 Å². The van der Waals surface area contributed by atoms with Gasteiger partial charge in [-0.1, -0.05) is 11.6 Å². The van der Waals surface area contributed by atoms with E-state index in [4.69, 9.17) is 26.8 Å². The van der Waals surface area contributed by atoms with Crippen LogP contribution in [-0.4, -0.2) is 55.8 Å². The maximum absolute atomic E-state index is 12.5. The van der Waals surface area contributed by atoms with E-state index in [0.29, 0.717) is 41.2 Å². The molecule has 3 N–H and O–H groups in total. The standard InChI is InChI=1S/C17H24ClN3O3/c1-2-23-16-7-15(19)14(18)6-13(16)17(22)20-8-12-9-21-5-3-4-11(21)10-24-12/h6-7,11-12H,2-5,8-10,19H2,1H3,(H,20,22)/t11-,12-/m0/s1. The zero-order valence-electron chi connectivity index (χ0n) is 13.9. The molecular weight excluding hydrogens is 330 g/mol. The van der Waals surface area contributed by atoms with E-state index in [0.717, 1.165) is 19.7 Å². The van der Waals surface area contributed by atoms with Crippen molar-refractivity contribution in [2.75, 3.05) is 38.6 Å².